The molecule has 0 aliphatic heterocycles. The summed E-state index contributed by atoms with van der Waals surface area (Å²) in [6.07, 6.45) is 3.10. The Hall–Kier alpha value is -2.86. The second kappa shape index (κ2) is 6.50. The van der Waals surface area contributed by atoms with Gasteiger partial charge in [0, 0.05) is 11.4 Å². The van der Waals surface area contributed by atoms with Gasteiger partial charge in [0.15, 0.2) is 0 Å². The second-order valence-corrected chi connectivity index (χ2v) is 5.12. The molecule has 0 saturated carbocycles. The van der Waals surface area contributed by atoms with Crippen molar-refractivity contribution in [2.24, 2.45) is 0 Å². The number of nitrogens with zero attached hydrogens (tertiary/aromatic N) is 3. The van der Waals surface area contributed by atoms with E-state index in [0.29, 0.717) is 16.3 Å². The van der Waals surface area contributed by atoms with Crippen molar-refractivity contribution in [1.29, 1.82) is 0 Å². The van der Waals surface area contributed by atoms with Crippen LogP contribution in [0, 0.1) is 0 Å². The molecule has 1 heterocycles. The summed E-state index contributed by atoms with van der Waals surface area (Å²) in [7, 11) is 1.59. The number of hydrogen-bond acceptors (Lipinski definition) is 4. The van der Waals surface area contributed by atoms with Crippen molar-refractivity contribution >= 4 is 23.2 Å². The first kappa shape index (κ1) is 15.1. The number of rotatable bonds is 4. The molecule has 1 amide bonds. The van der Waals surface area contributed by atoms with Crippen molar-refractivity contribution < 1.29 is 9.53 Å². The first-order valence-corrected chi connectivity index (χ1v) is 7.15. The standard InChI is InChI=1S/C16H13ClN4O2/c1-23-13-5-2-11(3-6-13)20-16(22)14-8-12(4-7-15(14)17)21-9-18-19-10-21/h2-10H,1H3,(H,20,22). The van der Waals surface area contributed by atoms with Gasteiger partial charge in [-0.1, -0.05) is 11.6 Å². The van der Waals surface area contributed by atoms with Gasteiger partial charge in [0.05, 0.1) is 17.7 Å². The van der Waals surface area contributed by atoms with E-state index in [4.69, 9.17) is 16.3 Å². The number of amides is 1. The molecule has 3 aromatic rings. The molecule has 0 aliphatic carbocycles. The number of ether oxygens (including phenoxy) is 1. The fraction of sp³-hybridized carbons (Fsp3) is 0.0625. The number of aromatic nitrogens is 3. The van der Waals surface area contributed by atoms with Crippen molar-refractivity contribution in [2.45, 2.75) is 0 Å². The van der Waals surface area contributed by atoms with E-state index in [9.17, 15) is 4.79 Å². The molecule has 0 bridgehead atoms. The molecule has 116 valence electrons. The summed E-state index contributed by atoms with van der Waals surface area (Å²) in [6.45, 7) is 0. The average Bonchev–Trinajstić information content (AvgIpc) is 3.10. The van der Waals surface area contributed by atoms with Crippen LogP contribution < -0.4 is 10.1 Å². The Morgan fingerprint density at radius 1 is 1.13 bits per heavy atom. The molecule has 0 atom stereocenters. The average molecular weight is 329 g/mol. The lowest BCUT2D eigenvalue weighted by Gasteiger charge is -2.09. The maximum Gasteiger partial charge on any atom is 0.257 e. The molecule has 3 rings (SSSR count). The summed E-state index contributed by atoms with van der Waals surface area (Å²) in [5, 5.41) is 10.7. The van der Waals surface area contributed by atoms with Crippen LogP contribution in [0.25, 0.3) is 5.69 Å². The van der Waals surface area contributed by atoms with Crippen LogP contribution in [0.15, 0.2) is 55.1 Å². The molecule has 6 nitrogen and oxygen atoms in total. The molecule has 1 N–H and O–H groups in total. The van der Waals surface area contributed by atoms with Crippen LogP contribution in [0.2, 0.25) is 5.02 Å². The summed E-state index contributed by atoms with van der Waals surface area (Å²) in [4.78, 5) is 12.4. The first-order chi connectivity index (χ1) is 11.2. The van der Waals surface area contributed by atoms with E-state index >= 15 is 0 Å². The van der Waals surface area contributed by atoms with Crippen LogP contribution in [0.1, 0.15) is 10.4 Å². The van der Waals surface area contributed by atoms with Gasteiger partial charge in [0.2, 0.25) is 0 Å². The number of benzene rings is 2. The molecule has 1 aromatic heterocycles. The smallest absolute Gasteiger partial charge is 0.257 e. The lowest BCUT2D eigenvalue weighted by atomic mass is 10.1. The SMILES string of the molecule is COc1ccc(NC(=O)c2cc(-n3cnnc3)ccc2Cl)cc1. The van der Waals surface area contributed by atoms with Gasteiger partial charge >= 0.3 is 0 Å². The van der Waals surface area contributed by atoms with E-state index in [1.807, 2.05) is 0 Å². The summed E-state index contributed by atoms with van der Waals surface area (Å²) in [6, 6.07) is 12.2. The van der Waals surface area contributed by atoms with Crippen molar-refractivity contribution in [2.75, 3.05) is 12.4 Å². The van der Waals surface area contributed by atoms with Gasteiger partial charge in [-0.2, -0.15) is 0 Å². The second-order valence-electron chi connectivity index (χ2n) is 4.72. The molecule has 0 saturated heterocycles. The molecule has 23 heavy (non-hydrogen) atoms. The highest BCUT2D eigenvalue weighted by atomic mass is 35.5. The third-order valence-corrected chi connectivity index (χ3v) is 3.59. The van der Waals surface area contributed by atoms with E-state index in [1.54, 1.807) is 66.8 Å². The minimum atomic E-state index is -0.296. The highest BCUT2D eigenvalue weighted by Crippen LogP contribution is 2.22. The number of methoxy groups -OCH3 is 1. The predicted molar refractivity (Wildman–Crippen MR) is 87.3 cm³/mol. The minimum Gasteiger partial charge on any atom is -0.497 e. The number of hydrogen-bond donors (Lipinski definition) is 1. The zero-order chi connectivity index (χ0) is 16.2. The maximum absolute atomic E-state index is 12.4. The van der Waals surface area contributed by atoms with E-state index in [0.717, 1.165) is 11.4 Å². The molecule has 0 radical (unpaired) electrons. The number of nitrogens with one attached hydrogen (secondary N) is 1. The Labute approximate surface area is 137 Å². The molecule has 0 spiro atoms. The third-order valence-electron chi connectivity index (χ3n) is 3.26. The Morgan fingerprint density at radius 3 is 2.48 bits per heavy atom. The number of carbonyl (C=O) groups is 1. The van der Waals surface area contributed by atoms with Crippen LogP contribution in [-0.2, 0) is 0 Å². The van der Waals surface area contributed by atoms with Crippen molar-refractivity contribution in [3.05, 3.63) is 65.7 Å². The molecule has 7 heteroatoms. The molecular weight excluding hydrogens is 316 g/mol. The van der Waals surface area contributed by atoms with Crippen LogP contribution in [0.4, 0.5) is 5.69 Å². The van der Waals surface area contributed by atoms with E-state index < -0.39 is 0 Å². The highest BCUT2D eigenvalue weighted by molar-refractivity contribution is 6.34. The van der Waals surface area contributed by atoms with E-state index in [-0.39, 0.29) is 5.91 Å². The highest BCUT2D eigenvalue weighted by Gasteiger charge is 2.12. The van der Waals surface area contributed by atoms with Crippen molar-refractivity contribution in [1.82, 2.24) is 14.8 Å². The minimum absolute atomic E-state index is 0.296. The van der Waals surface area contributed by atoms with Crippen LogP contribution in [0.5, 0.6) is 5.75 Å². The predicted octanol–water partition coefficient (Wildman–Crippen LogP) is 3.18. The monoisotopic (exact) mass is 328 g/mol. The first-order valence-electron chi connectivity index (χ1n) is 6.77. The van der Waals surface area contributed by atoms with Crippen molar-refractivity contribution in [3.8, 4) is 11.4 Å². The Morgan fingerprint density at radius 2 is 1.83 bits per heavy atom. The van der Waals surface area contributed by atoms with Crippen molar-refractivity contribution in [3.63, 3.8) is 0 Å². The van der Waals surface area contributed by atoms with Gasteiger partial charge in [-0.25, -0.2) is 0 Å². The van der Waals surface area contributed by atoms with Gasteiger partial charge in [-0.05, 0) is 42.5 Å². The normalized spacial score (nSPS) is 10.3. The molecule has 2 aromatic carbocycles. The maximum atomic E-state index is 12.4. The third kappa shape index (κ3) is 3.32. The molecule has 0 unspecified atom stereocenters. The molecular formula is C16H13ClN4O2. The lowest BCUT2D eigenvalue weighted by molar-refractivity contribution is 0.102. The summed E-state index contributed by atoms with van der Waals surface area (Å²) < 4.78 is 6.78. The molecule has 0 aliphatic rings. The number of anilines is 1. The van der Waals surface area contributed by atoms with Gasteiger partial charge < -0.3 is 10.1 Å². The van der Waals surface area contributed by atoms with Crippen LogP contribution in [-0.4, -0.2) is 27.8 Å². The van der Waals surface area contributed by atoms with Gasteiger partial charge in [0.25, 0.3) is 5.91 Å². The quantitative estimate of drug-likeness (QED) is 0.798. The fourth-order valence-corrected chi connectivity index (χ4v) is 2.26. The Balaban J connectivity index is 1.85. The van der Waals surface area contributed by atoms with Gasteiger partial charge in [0.1, 0.15) is 18.4 Å². The van der Waals surface area contributed by atoms with E-state index in [2.05, 4.69) is 15.5 Å². The molecule has 0 fully saturated rings. The largest absolute Gasteiger partial charge is 0.497 e. The Kier molecular flexibility index (Phi) is 4.25. The Bertz CT molecular complexity index is 817. The van der Waals surface area contributed by atoms with Gasteiger partial charge in [-0.15, -0.1) is 10.2 Å². The fourth-order valence-electron chi connectivity index (χ4n) is 2.05. The zero-order valence-corrected chi connectivity index (χ0v) is 13.0. The van der Waals surface area contributed by atoms with Crippen LogP contribution >= 0.6 is 11.6 Å². The zero-order valence-electron chi connectivity index (χ0n) is 12.2. The van der Waals surface area contributed by atoms with E-state index in [1.165, 1.54) is 0 Å². The topological polar surface area (TPSA) is 69.0 Å². The summed E-state index contributed by atoms with van der Waals surface area (Å²) in [5.41, 5.74) is 1.77. The number of halogens is 1. The summed E-state index contributed by atoms with van der Waals surface area (Å²) in [5.74, 6) is 0.422. The summed E-state index contributed by atoms with van der Waals surface area (Å²) >= 11 is 6.15. The lowest BCUT2D eigenvalue weighted by Crippen LogP contribution is -2.13. The van der Waals surface area contributed by atoms with Gasteiger partial charge in [-0.3, -0.25) is 9.36 Å². The van der Waals surface area contributed by atoms with Crippen LogP contribution in [0.3, 0.4) is 0 Å². The number of carbonyl (C=O) groups excluding carboxylic acids is 1.